The van der Waals surface area contributed by atoms with E-state index in [0.717, 1.165) is 47.7 Å². The second-order valence-electron chi connectivity index (χ2n) is 6.75. The number of nitro groups is 1. The van der Waals surface area contributed by atoms with E-state index < -0.39 is 10.8 Å². The molecule has 1 amide bonds. The predicted octanol–water partition coefficient (Wildman–Crippen LogP) is 4.73. The van der Waals surface area contributed by atoms with Crippen LogP contribution in [0.2, 0.25) is 0 Å². The van der Waals surface area contributed by atoms with Crippen molar-refractivity contribution in [2.24, 2.45) is 0 Å². The maximum atomic E-state index is 12.9. The van der Waals surface area contributed by atoms with Gasteiger partial charge in [0.15, 0.2) is 5.76 Å². The Bertz CT molecular complexity index is 950. The molecule has 2 aromatic rings. The number of anilines is 1. The first kappa shape index (κ1) is 19.2. The van der Waals surface area contributed by atoms with Crippen LogP contribution < -0.4 is 10.1 Å². The molecule has 4 rings (SSSR count). The summed E-state index contributed by atoms with van der Waals surface area (Å²) in [6.07, 6.45) is 2.92. The van der Waals surface area contributed by atoms with E-state index in [1.807, 2.05) is 30.4 Å². The number of furan rings is 1. The van der Waals surface area contributed by atoms with Crippen molar-refractivity contribution in [3.63, 3.8) is 0 Å². The number of nitrogens with one attached hydrogen (secondary N) is 1. The molecule has 0 saturated carbocycles. The van der Waals surface area contributed by atoms with E-state index in [1.165, 1.54) is 19.2 Å². The lowest BCUT2D eigenvalue weighted by Gasteiger charge is -2.31. The molecule has 1 spiro atoms. The topological polar surface area (TPSA) is 94.6 Å². The third-order valence-electron chi connectivity index (χ3n) is 5.12. The quantitative estimate of drug-likeness (QED) is 0.564. The summed E-state index contributed by atoms with van der Waals surface area (Å²) >= 11 is 3.86. The number of fused-ring (bicyclic) bond motifs is 2. The average Bonchev–Trinajstić information content (AvgIpc) is 3.27. The van der Waals surface area contributed by atoms with Crippen LogP contribution in [0, 0.1) is 17.0 Å². The zero-order valence-electron chi connectivity index (χ0n) is 15.6. The Morgan fingerprint density at radius 3 is 2.79 bits per heavy atom. The van der Waals surface area contributed by atoms with Gasteiger partial charge in [0.25, 0.3) is 11.6 Å². The number of carbonyl (C=O) groups excluding carboxylic acids is 1. The van der Waals surface area contributed by atoms with E-state index in [-0.39, 0.29) is 21.2 Å². The summed E-state index contributed by atoms with van der Waals surface area (Å²) in [7, 11) is 1.43. The van der Waals surface area contributed by atoms with Crippen LogP contribution in [0.1, 0.15) is 40.3 Å². The molecular formula is C19H20N2O5S2. The minimum absolute atomic E-state index is 0.0220. The zero-order chi connectivity index (χ0) is 19.9. The van der Waals surface area contributed by atoms with E-state index in [9.17, 15) is 14.9 Å². The van der Waals surface area contributed by atoms with Gasteiger partial charge in [-0.2, -0.15) is 0 Å². The number of rotatable bonds is 4. The molecule has 1 aliphatic heterocycles. The number of hydrogen-bond acceptors (Lipinski definition) is 7. The number of hydrogen-bond donors (Lipinski definition) is 1. The molecule has 7 nitrogen and oxygen atoms in total. The van der Waals surface area contributed by atoms with E-state index >= 15 is 0 Å². The molecule has 2 aliphatic rings. The van der Waals surface area contributed by atoms with Crippen LogP contribution in [0.3, 0.4) is 0 Å². The van der Waals surface area contributed by atoms with Gasteiger partial charge in [-0.05, 0) is 31.9 Å². The lowest BCUT2D eigenvalue weighted by atomic mass is 9.94. The van der Waals surface area contributed by atoms with Gasteiger partial charge in [-0.25, -0.2) is 0 Å². The van der Waals surface area contributed by atoms with E-state index in [1.54, 1.807) is 6.07 Å². The Morgan fingerprint density at radius 1 is 1.36 bits per heavy atom. The summed E-state index contributed by atoms with van der Waals surface area (Å²) in [5.74, 6) is 3.18. The van der Waals surface area contributed by atoms with E-state index in [0.29, 0.717) is 5.75 Å². The number of methoxy groups -OCH3 is 1. The molecule has 0 atom stereocenters. The number of ether oxygens (including phenoxy) is 1. The fraction of sp³-hybridized carbons (Fsp3) is 0.421. The molecule has 0 unspecified atom stereocenters. The standard InChI is InChI=1S/C19H20N2O5S2/c1-11-16-15(4-3-7-19(16)27-8-9-28-19)26-17(11)18(22)20-13-6-5-12(25-2)10-14(13)21(23)24/h5-6,10H,3-4,7-9H2,1-2H3,(H,20,22). The first-order valence-electron chi connectivity index (χ1n) is 8.99. The maximum Gasteiger partial charge on any atom is 0.296 e. The number of carbonyl (C=O) groups is 1. The molecule has 1 fully saturated rings. The molecule has 9 heteroatoms. The summed E-state index contributed by atoms with van der Waals surface area (Å²) in [5.41, 5.74) is 1.87. The molecule has 1 N–H and O–H groups in total. The van der Waals surface area contributed by atoms with Crippen LogP contribution in [0.5, 0.6) is 5.75 Å². The third kappa shape index (κ3) is 3.16. The molecule has 148 valence electrons. The largest absolute Gasteiger partial charge is 0.496 e. The van der Waals surface area contributed by atoms with Gasteiger partial charge in [-0.15, -0.1) is 23.5 Å². The summed E-state index contributed by atoms with van der Waals surface area (Å²) < 4.78 is 11.0. The summed E-state index contributed by atoms with van der Waals surface area (Å²) in [6, 6.07) is 4.33. The monoisotopic (exact) mass is 420 g/mol. The zero-order valence-corrected chi connectivity index (χ0v) is 17.2. The first-order chi connectivity index (χ1) is 13.4. The van der Waals surface area contributed by atoms with Gasteiger partial charge >= 0.3 is 0 Å². The number of amides is 1. The van der Waals surface area contributed by atoms with Crippen molar-refractivity contribution < 1.29 is 18.9 Å². The van der Waals surface area contributed by atoms with Crippen LogP contribution >= 0.6 is 23.5 Å². The highest BCUT2D eigenvalue weighted by atomic mass is 32.2. The SMILES string of the molecule is COc1ccc(NC(=O)c2oc3c(c2C)C2(CCC3)SCCS2)c([N+](=O)[O-])c1. The number of aryl methyl sites for hydroxylation is 1. The summed E-state index contributed by atoms with van der Waals surface area (Å²) in [4.78, 5) is 23.7. The Labute approximate surface area is 170 Å². The normalized spacial score (nSPS) is 17.4. The van der Waals surface area contributed by atoms with Crippen LogP contribution in [-0.4, -0.2) is 29.4 Å². The fourth-order valence-corrected chi connectivity index (χ4v) is 7.45. The van der Waals surface area contributed by atoms with Crippen molar-refractivity contribution in [2.45, 2.75) is 30.3 Å². The Balaban J connectivity index is 1.67. The summed E-state index contributed by atoms with van der Waals surface area (Å²) in [6.45, 7) is 1.91. The van der Waals surface area contributed by atoms with Gasteiger partial charge in [0.05, 0.1) is 22.2 Å². The summed E-state index contributed by atoms with van der Waals surface area (Å²) in [5, 5.41) is 14.0. The number of nitro benzene ring substituents is 1. The van der Waals surface area contributed by atoms with Crippen LogP contribution in [0.15, 0.2) is 22.6 Å². The highest BCUT2D eigenvalue weighted by Crippen LogP contribution is 2.59. The van der Waals surface area contributed by atoms with Crippen molar-refractivity contribution in [1.29, 1.82) is 0 Å². The molecule has 1 saturated heterocycles. The van der Waals surface area contributed by atoms with Gasteiger partial charge < -0.3 is 14.5 Å². The Hall–Kier alpha value is -2.13. The average molecular weight is 421 g/mol. The molecule has 28 heavy (non-hydrogen) atoms. The lowest BCUT2D eigenvalue weighted by Crippen LogP contribution is -2.21. The Morgan fingerprint density at radius 2 is 2.11 bits per heavy atom. The second kappa shape index (κ2) is 7.36. The van der Waals surface area contributed by atoms with Gasteiger partial charge in [-0.3, -0.25) is 14.9 Å². The van der Waals surface area contributed by atoms with Crippen molar-refractivity contribution in [1.82, 2.24) is 0 Å². The molecule has 0 radical (unpaired) electrons. The smallest absolute Gasteiger partial charge is 0.296 e. The van der Waals surface area contributed by atoms with Crippen molar-refractivity contribution in [3.8, 4) is 5.75 Å². The minimum Gasteiger partial charge on any atom is -0.496 e. The van der Waals surface area contributed by atoms with Gasteiger partial charge in [-0.1, -0.05) is 0 Å². The maximum absolute atomic E-state index is 12.9. The van der Waals surface area contributed by atoms with E-state index in [2.05, 4.69) is 5.32 Å². The predicted molar refractivity (Wildman–Crippen MR) is 111 cm³/mol. The van der Waals surface area contributed by atoms with E-state index in [4.69, 9.17) is 9.15 Å². The van der Waals surface area contributed by atoms with Crippen molar-refractivity contribution >= 4 is 40.8 Å². The second-order valence-corrected chi connectivity index (χ2v) is 9.80. The van der Waals surface area contributed by atoms with Crippen LogP contribution in [0.4, 0.5) is 11.4 Å². The van der Waals surface area contributed by atoms with Gasteiger partial charge in [0, 0.05) is 29.1 Å². The van der Waals surface area contributed by atoms with Gasteiger partial charge in [0.2, 0.25) is 0 Å². The van der Waals surface area contributed by atoms with Crippen LogP contribution in [0.25, 0.3) is 0 Å². The molecule has 1 aromatic carbocycles. The minimum atomic E-state index is -0.543. The molecule has 0 bridgehead atoms. The fourth-order valence-electron chi connectivity index (χ4n) is 3.89. The first-order valence-corrected chi connectivity index (χ1v) is 11.0. The third-order valence-corrected chi connectivity index (χ3v) is 8.65. The lowest BCUT2D eigenvalue weighted by molar-refractivity contribution is -0.384. The van der Waals surface area contributed by atoms with Crippen LogP contribution in [-0.2, 0) is 10.5 Å². The molecule has 1 aromatic heterocycles. The molecule has 1 aliphatic carbocycles. The highest BCUT2D eigenvalue weighted by molar-refractivity contribution is 8.20. The van der Waals surface area contributed by atoms with Crippen molar-refractivity contribution in [2.75, 3.05) is 23.9 Å². The number of thioether (sulfide) groups is 2. The number of benzene rings is 1. The van der Waals surface area contributed by atoms with Crippen molar-refractivity contribution in [3.05, 3.63) is 51.0 Å². The molecule has 2 heterocycles. The van der Waals surface area contributed by atoms with Gasteiger partial charge in [0.1, 0.15) is 17.2 Å². The Kier molecular flexibility index (Phi) is 5.05. The molecular weight excluding hydrogens is 400 g/mol. The number of nitrogens with zero attached hydrogens (tertiary/aromatic N) is 1. The highest BCUT2D eigenvalue weighted by Gasteiger charge is 2.45.